The summed E-state index contributed by atoms with van der Waals surface area (Å²) in [6.07, 6.45) is 2.53. The van der Waals surface area contributed by atoms with Crippen molar-refractivity contribution in [2.75, 3.05) is 5.75 Å². The van der Waals surface area contributed by atoms with Gasteiger partial charge in [0.15, 0.2) is 0 Å². The third kappa shape index (κ3) is 3.34. The van der Waals surface area contributed by atoms with E-state index in [-0.39, 0.29) is 5.91 Å². The van der Waals surface area contributed by atoms with Crippen LogP contribution in [0.4, 0.5) is 0 Å². The number of rotatable bonds is 5. The fraction of sp³-hybridized carbons (Fsp3) is 0.353. The van der Waals surface area contributed by atoms with Gasteiger partial charge in [-0.25, -0.2) is 0 Å². The van der Waals surface area contributed by atoms with Crippen LogP contribution in [0, 0.1) is 5.92 Å². The van der Waals surface area contributed by atoms with Crippen LogP contribution in [0.2, 0.25) is 0 Å². The minimum Gasteiger partial charge on any atom is -0.353 e. The molecule has 2 aromatic carbocycles. The Morgan fingerprint density at radius 3 is 2.75 bits per heavy atom. The van der Waals surface area contributed by atoms with E-state index in [0.29, 0.717) is 17.7 Å². The second kappa shape index (κ2) is 5.88. The summed E-state index contributed by atoms with van der Waals surface area (Å²) in [6, 6.07) is 15.0. The van der Waals surface area contributed by atoms with Crippen LogP contribution in [0.5, 0.6) is 0 Å². The van der Waals surface area contributed by atoms with Gasteiger partial charge in [0, 0.05) is 10.9 Å². The van der Waals surface area contributed by atoms with Crippen LogP contribution in [0.1, 0.15) is 19.8 Å². The first-order valence-electron chi connectivity index (χ1n) is 7.13. The zero-order valence-electron chi connectivity index (χ0n) is 11.6. The van der Waals surface area contributed by atoms with Gasteiger partial charge in [-0.1, -0.05) is 30.3 Å². The van der Waals surface area contributed by atoms with E-state index in [4.69, 9.17) is 0 Å². The lowest BCUT2D eigenvalue weighted by molar-refractivity contribution is -0.119. The Hall–Kier alpha value is -1.48. The number of hydrogen-bond acceptors (Lipinski definition) is 2. The minimum absolute atomic E-state index is 0.141. The molecule has 3 heteroatoms. The van der Waals surface area contributed by atoms with Crippen LogP contribution in [0.15, 0.2) is 47.4 Å². The molecule has 1 fully saturated rings. The summed E-state index contributed by atoms with van der Waals surface area (Å²) in [5, 5.41) is 5.56. The van der Waals surface area contributed by atoms with E-state index < -0.39 is 0 Å². The van der Waals surface area contributed by atoms with Crippen molar-refractivity contribution in [3.63, 3.8) is 0 Å². The van der Waals surface area contributed by atoms with Crippen molar-refractivity contribution in [2.45, 2.75) is 30.7 Å². The predicted octanol–water partition coefficient (Wildman–Crippen LogP) is 3.85. The second-order valence-corrected chi connectivity index (χ2v) is 6.54. The topological polar surface area (TPSA) is 29.1 Å². The highest BCUT2D eigenvalue weighted by atomic mass is 32.2. The summed E-state index contributed by atoms with van der Waals surface area (Å²) in [5.74, 6) is 1.35. The molecule has 1 aliphatic carbocycles. The van der Waals surface area contributed by atoms with Crippen molar-refractivity contribution in [1.29, 1.82) is 0 Å². The van der Waals surface area contributed by atoms with E-state index in [0.717, 1.165) is 4.90 Å². The molecule has 0 aliphatic heterocycles. The monoisotopic (exact) mass is 285 g/mol. The van der Waals surface area contributed by atoms with Gasteiger partial charge in [-0.3, -0.25) is 4.79 Å². The number of carbonyl (C=O) groups excluding carboxylic acids is 1. The predicted molar refractivity (Wildman–Crippen MR) is 85.0 cm³/mol. The van der Waals surface area contributed by atoms with Gasteiger partial charge in [0.25, 0.3) is 0 Å². The van der Waals surface area contributed by atoms with Crippen LogP contribution in [-0.2, 0) is 4.79 Å². The van der Waals surface area contributed by atoms with Crippen molar-refractivity contribution in [3.05, 3.63) is 42.5 Å². The fourth-order valence-corrected chi connectivity index (χ4v) is 3.17. The molecule has 0 heterocycles. The number of thioether (sulfide) groups is 1. The van der Waals surface area contributed by atoms with Crippen molar-refractivity contribution in [2.24, 2.45) is 5.92 Å². The summed E-state index contributed by atoms with van der Waals surface area (Å²) in [5.41, 5.74) is 0. The smallest absolute Gasteiger partial charge is 0.230 e. The summed E-state index contributed by atoms with van der Waals surface area (Å²) in [6.45, 7) is 2.11. The van der Waals surface area contributed by atoms with E-state index in [1.165, 1.54) is 23.6 Å². The third-order valence-electron chi connectivity index (χ3n) is 3.81. The maximum Gasteiger partial charge on any atom is 0.230 e. The third-order valence-corrected chi connectivity index (χ3v) is 4.80. The van der Waals surface area contributed by atoms with Crippen molar-refractivity contribution >= 4 is 28.4 Å². The Kier molecular flexibility index (Phi) is 3.97. The van der Waals surface area contributed by atoms with Crippen LogP contribution in [-0.4, -0.2) is 17.7 Å². The standard InChI is InChI=1S/C17H19NOS/c1-12(13-6-7-13)18-17(19)11-20-16-9-8-14-4-2-3-5-15(14)10-16/h2-5,8-10,12-13H,6-7,11H2,1H3,(H,18,19). The average molecular weight is 285 g/mol. The Labute approximate surface area is 123 Å². The fourth-order valence-electron chi connectivity index (χ4n) is 2.42. The molecule has 1 saturated carbocycles. The molecule has 1 aliphatic rings. The van der Waals surface area contributed by atoms with E-state index in [1.54, 1.807) is 11.8 Å². The van der Waals surface area contributed by atoms with Crippen LogP contribution in [0.3, 0.4) is 0 Å². The zero-order chi connectivity index (χ0) is 13.9. The van der Waals surface area contributed by atoms with Crippen LogP contribution in [0.25, 0.3) is 10.8 Å². The van der Waals surface area contributed by atoms with Gasteiger partial charge in [0.2, 0.25) is 5.91 Å². The number of benzene rings is 2. The summed E-state index contributed by atoms with van der Waals surface area (Å²) < 4.78 is 0. The van der Waals surface area contributed by atoms with Crippen molar-refractivity contribution < 1.29 is 4.79 Å². The molecule has 0 bridgehead atoms. The van der Waals surface area contributed by atoms with Gasteiger partial charge in [-0.2, -0.15) is 0 Å². The lowest BCUT2D eigenvalue weighted by Crippen LogP contribution is -2.35. The van der Waals surface area contributed by atoms with Crippen LogP contribution < -0.4 is 5.32 Å². The molecular weight excluding hydrogens is 266 g/mol. The largest absolute Gasteiger partial charge is 0.353 e. The minimum atomic E-state index is 0.141. The maximum atomic E-state index is 11.9. The zero-order valence-corrected chi connectivity index (χ0v) is 12.5. The highest BCUT2D eigenvalue weighted by Crippen LogP contribution is 2.32. The summed E-state index contributed by atoms with van der Waals surface area (Å²) in [4.78, 5) is 13.0. The molecule has 0 spiro atoms. The first-order chi connectivity index (χ1) is 9.72. The molecule has 0 aromatic heterocycles. The number of amides is 1. The molecule has 104 valence electrons. The van der Waals surface area contributed by atoms with Gasteiger partial charge >= 0.3 is 0 Å². The van der Waals surface area contributed by atoms with E-state index in [9.17, 15) is 4.79 Å². The highest BCUT2D eigenvalue weighted by molar-refractivity contribution is 8.00. The first-order valence-corrected chi connectivity index (χ1v) is 8.12. The van der Waals surface area contributed by atoms with Gasteiger partial charge in [-0.05, 0) is 48.6 Å². The molecule has 1 N–H and O–H groups in total. The Balaban J connectivity index is 1.57. The van der Waals surface area contributed by atoms with Gasteiger partial charge < -0.3 is 5.32 Å². The molecule has 20 heavy (non-hydrogen) atoms. The van der Waals surface area contributed by atoms with E-state index in [1.807, 2.05) is 12.1 Å². The number of fused-ring (bicyclic) bond motifs is 1. The Morgan fingerprint density at radius 2 is 2.00 bits per heavy atom. The molecule has 2 nitrogen and oxygen atoms in total. The molecular formula is C17H19NOS. The summed E-state index contributed by atoms with van der Waals surface area (Å²) in [7, 11) is 0. The highest BCUT2D eigenvalue weighted by Gasteiger charge is 2.28. The van der Waals surface area contributed by atoms with E-state index >= 15 is 0 Å². The SMILES string of the molecule is CC(NC(=O)CSc1ccc2ccccc2c1)C1CC1. The van der Waals surface area contributed by atoms with Crippen molar-refractivity contribution in [3.8, 4) is 0 Å². The molecule has 1 unspecified atom stereocenters. The normalized spacial score (nSPS) is 16.1. The summed E-state index contributed by atoms with van der Waals surface area (Å²) >= 11 is 1.61. The number of hydrogen-bond donors (Lipinski definition) is 1. The quantitative estimate of drug-likeness (QED) is 0.846. The molecule has 2 aromatic rings. The molecule has 0 saturated heterocycles. The molecule has 1 amide bonds. The van der Waals surface area contributed by atoms with Gasteiger partial charge in [-0.15, -0.1) is 11.8 Å². The lowest BCUT2D eigenvalue weighted by atomic mass is 10.1. The van der Waals surface area contributed by atoms with E-state index in [2.05, 4.69) is 42.6 Å². The average Bonchev–Trinajstić information content (AvgIpc) is 3.29. The molecule has 0 radical (unpaired) electrons. The maximum absolute atomic E-state index is 11.9. The second-order valence-electron chi connectivity index (χ2n) is 5.49. The number of carbonyl (C=O) groups is 1. The van der Waals surface area contributed by atoms with Gasteiger partial charge in [0.05, 0.1) is 5.75 Å². The molecule has 3 rings (SSSR count). The first kappa shape index (κ1) is 13.5. The van der Waals surface area contributed by atoms with Crippen molar-refractivity contribution in [1.82, 2.24) is 5.32 Å². The number of nitrogens with one attached hydrogen (secondary N) is 1. The van der Waals surface area contributed by atoms with Crippen LogP contribution >= 0.6 is 11.8 Å². The Morgan fingerprint density at radius 1 is 1.25 bits per heavy atom. The Bertz CT molecular complexity index is 621. The lowest BCUT2D eigenvalue weighted by Gasteiger charge is -2.12. The molecule has 1 atom stereocenters. The van der Waals surface area contributed by atoms with Gasteiger partial charge in [0.1, 0.15) is 0 Å².